The number of phenolic OH excluding ortho intramolecular Hbond substituents is 1. The summed E-state index contributed by atoms with van der Waals surface area (Å²) in [6.45, 7) is 1.75. The Kier molecular flexibility index (Phi) is 2.77. The van der Waals surface area contributed by atoms with Crippen molar-refractivity contribution in [2.45, 2.75) is 13.3 Å². The predicted octanol–water partition coefficient (Wildman–Crippen LogP) is 2.86. The molecule has 0 aromatic heterocycles. The summed E-state index contributed by atoms with van der Waals surface area (Å²) in [5.74, 6) is 0.508. The van der Waals surface area contributed by atoms with Crippen LogP contribution in [0.15, 0.2) is 36.4 Å². The molecule has 3 nitrogen and oxygen atoms in total. The van der Waals surface area contributed by atoms with Crippen LogP contribution in [0.5, 0.6) is 11.5 Å². The first-order valence-corrected chi connectivity index (χ1v) is 5.12. The molecule has 0 atom stereocenters. The molecule has 0 saturated carbocycles. The molecule has 0 radical (unpaired) electrons. The van der Waals surface area contributed by atoms with Gasteiger partial charge in [-0.05, 0) is 35.0 Å². The SMILES string of the molecule is CCC(=O)Oc1ccc2cc(O)ccc2c1. The number of hydrogen-bond donors (Lipinski definition) is 1. The Hall–Kier alpha value is -2.03. The van der Waals surface area contributed by atoms with Crippen molar-refractivity contribution < 1.29 is 14.6 Å². The maximum Gasteiger partial charge on any atom is 0.310 e. The highest BCUT2D eigenvalue weighted by molar-refractivity contribution is 5.86. The fourth-order valence-corrected chi connectivity index (χ4v) is 1.48. The zero-order valence-corrected chi connectivity index (χ0v) is 8.93. The van der Waals surface area contributed by atoms with E-state index in [1.807, 2.05) is 6.07 Å². The maximum atomic E-state index is 11.1. The second kappa shape index (κ2) is 4.23. The molecule has 0 aliphatic rings. The summed E-state index contributed by atoms with van der Waals surface area (Å²) in [4.78, 5) is 11.1. The molecule has 0 unspecified atom stereocenters. The molecule has 0 saturated heterocycles. The molecule has 0 heterocycles. The maximum absolute atomic E-state index is 11.1. The van der Waals surface area contributed by atoms with Gasteiger partial charge in [-0.3, -0.25) is 4.79 Å². The zero-order chi connectivity index (χ0) is 11.5. The van der Waals surface area contributed by atoms with Gasteiger partial charge in [-0.15, -0.1) is 0 Å². The number of benzene rings is 2. The number of carbonyl (C=O) groups excluding carboxylic acids is 1. The van der Waals surface area contributed by atoms with Crippen LogP contribution >= 0.6 is 0 Å². The van der Waals surface area contributed by atoms with Gasteiger partial charge in [-0.25, -0.2) is 0 Å². The van der Waals surface area contributed by atoms with Gasteiger partial charge in [0.25, 0.3) is 0 Å². The molecule has 2 aromatic rings. The molecule has 2 rings (SSSR count). The van der Waals surface area contributed by atoms with Crippen molar-refractivity contribution in [1.82, 2.24) is 0 Å². The van der Waals surface area contributed by atoms with Gasteiger partial charge < -0.3 is 9.84 Å². The predicted molar refractivity (Wildman–Crippen MR) is 61.5 cm³/mol. The summed E-state index contributed by atoms with van der Waals surface area (Å²) >= 11 is 0. The highest BCUT2D eigenvalue weighted by Crippen LogP contribution is 2.24. The van der Waals surface area contributed by atoms with E-state index in [4.69, 9.17) is 4.74 Å². The lowest BCUT2D eigenvalue weighted by molar-refractivity contribution is -0.134. The van der Waals surface area contributed by atoms with E-state index in [-0.39, 0.29) is 11.7 Å². The third kappa shape index (κ3) is 2.14. The average Bonchev–Trinajstić information content (AvgIpc) is 2.29. The second-order valence-electron chi connectivity index (χ2n) is 3.52. The molecule has 82 valence electrons. The second-order valence-corrected chi connectivity index (χ2v) is 3.52. The number of aromatic hydroxyl groups is 1. The topological polar surface area (TPSA) is 46.5 Å². The Balaban J connectivity index is 2.37. The largest absolute Gasteiger partial charge is 0.508 e. The van der Waals surface area contributed by atoms with Crippen molar-refractivity contribution in [3.8, 4) is 11.5 Å². The summed E-state index contributed by atoms with van der Waals surface area (Å²) in [5.41, 5.74) is 0. The molecule has 0 aliphatic heterocycles. The highest BCUT2D eigenvalue weighted by atomic mass is 16.5. The summed E-state index contributed by atoms with van der Waals surface area (Å²) < 4.78 is 5.10. The molecule has 0 fully saturated rings. The monoisotopic (exact) mass is 216 g/mol. The fourth-order valence-electron chi connectivity index (χ4n) is 1.48. The molecular formula is C13H12O3. The van der Waals surface area contributed by atoms with Gasteiger partial charge in [0.1, 0.15) is 11.5 Å². The lowest BCUT2D eigenvalue weighted by Crippen LogP contribution is -2.05. The van der Waals surface area contributed by atoms with E-state index in [1.165, 1.54) is 0 Å². The quantitative estimate of drug-likeness (QED) is 0.620. The summed E-state index contributed by atoms with van der Waals surface area (Å²) in [5, 5.41) is 11.1. The van der Waals surface area contributed by atoms with Crippen LogP contribution in [0.2, 0.25) is 0 Å². The van der Waals surface area contributed by atoms with E-state index in [9.17, 15) is 9.90 Å². The molecule has 2 aromatic carbocycles. The smallest absolute Gasteiger partial charge is 0.310 e. The molecule has 1 N–H and O–H groups in total. The van der Waals surface area contributed by atoms with Crippen molar-refractivity contribution in [3.63, 3.8) is 0 Å². The molecule has 0 bridgehead atoms. The number of fused-ring (bicyclic) bond motifs is 1. The van der Waals surface area contributed by atoms with Crippen LogP contribution in [0.4, 0.5) is 0 Å². The minimum absolute atomic E-state index is 0.228. The van der Waals surface area contributed by atoms with E-state index >= 15 is 0 Å². The van der Waals surface area contributed by atoms with Crippen LogP contribution in [0.1, 0.15) is 13.3 Å². The number of hydrogen-bond acceptors (Lipinski definition) is 3. The van der Waals surface area contributed by atoms with Crippen molar-refractivity contribution in [2.75, 3.05) is 0 Å². The molecule has 0 amide bonds. The minimum atomic E-state index is -0.252. The molecular weight excluding hydrogens is 204 g/mol. The van der Waals surface area contributed by atoms with Crippen molar-refractivity contribution >= 4 is 16.7 Å². The first kappa shape index (κ1) is 10.5. The summed E-state index contributed by atoms with van der Waals surface area (Å²) in [7, 11) is 0. The first-order valence-electron chi connectivity index (χ1n) is 5.12. The van der Waals surface area contributed by atoms with Gasteiger partial charge in [0.2, 0.25) is 0 Å². The average molecular weight is 216 g/mol. The van der Waals surface area contributed by atoms with Gasteiger partial charge in [0, 0.05) is 6.42 Å². The van der Waals surface area contributed by atoms with Crippen LogP contribution in [-0.4, -0.2) is 11.1 Å². The number of carbonyl (C=O) groups is 1. The number of esters is 1. The van der Waals surface area contributed by atoms with Gasteiger partial charge in [-0.1, -0.05) is 19.1 Å². The van der Waals surface area contributed by atoms with Crippen LogP contribution in [-0.2, 0) is 4.79 Å². The fraction of sp³-hybridized carbons (Fsp3) is 0.154. The van der Waals surface area contributed by atoms with Crippen molar-refractivity contribution in [1.29, 1.82) is 0 Å². The van der Waals surface area contributed by atoms with E-state index < -0.39 is 0 Å². The van der Waals surface area contributed by atoms with E-state index in [1.54, 1.807) is 37.3 Å². The number of rotatable bonds is 2. The highest BCUT2D eigenvalue weighted by Gasteiger charge is 2.02. The lowest BCUT2D eigenvalue weighted by atomic mass is 10.1. The van der Waals surface area contributed by atoms with Gasteiger partial charge in [0.05, 0.1) is 0 Å². The molecule has 0 aliphatic carbocycles. The van der Waals surface area contributed by atoms with Crippen molar-refractivity contribution in [2.24, 2.45) is 0 Å². The van der Waals surface area contributed by atoms with Crippen LogP contribution in [0.25, 0.3) is 10.8 Å². The zero-order valence-electron chi connectivity index (χ0n) is 8.93. The summed E-state index contributed by atoms with van der Waals surface area (Å²) in [6.07, 6.45) is 0.355. The molecule has 3 heteroatoms. The van der Waals surface area contributed by atoms with E-state index in [0.29, 0.717) is 12.2 Å². The first-order chi connectivity index (χ1) is 7.69. The lowest BCUT2D eigenvalue weighted by Gasteiger charge is -2.04. The Bertz CT molecular complexity index is 532. The van der Waals surface area contributed by atoms with E-state index in [0.717, 1.165) is 10.8 Å². The minimum Gasteiger partial charge on any atom is -0.508 e. The van der Waals surface area contributed by atoms with Gasteiger partial charge in [-0.2, -0.15) is 0 Å². The number of phenols is 1. The molecule has 16 heavy (non-hydrogen) atoms. The van der Waals surface area contributed by atoms with Crippen molar-refractivity contribution in [3.05, 3.63) is 36.4 Å². The van der Waals surface area contributed by atoms with Crippen LogP contribution < -0.4 is 4.74 Å². The Morgan fingerprint density at radius 2 is 1.88 bits per heavy atom. The molecule has 0 spiro atoms. The Labute approximate surface area is 93.3 Å². The third-order valence-corrected chi connectivity index (χ3v) is 2.32. The van der Waals surface area contributed by atoms with E-state index in [2.05, 4.69) is 0 Å². The standard InChI is InChI=1S/C13H12O3/c1-2-13(15)16-12-6-4-9-7-11(14)5-3-10(9)8-12/h3-8,14H,2H2,1H3. The van der Waals surface area contributed by atoms with Gasteiger partial charge in [0.15, 0.2) is 0 Å². The normalized spacial score (nSPS) is 10.3. The van der Waals surface area contributed by atoms with Crippen LogP contribution in [0, 0.1) is 0 Å². The van der Waals surface area contributed by atoms with Crippen LogP contribution in [0.3, 0.4) is 0 Å². The summed E-state index contributed by atoms with van der Waals surface area (Å²) in [6, 6.07) is 10.4. The Morgan fingerprint density at radius 3 is 2.62 bits per heavy atom. The van der Waals surface area contributed by atoms with Gasteiger partial charge >= 0.3 is 5.97 Å². The third-order valence-electron chi connectivity index (χ3n) is 2.32. The number of ether oxygens (including phenoxy) is 1. The Morgan fingerprint density at radius 1 is 1.19 bits per heavy atom.